The van der Waals surface area contributed by atoms with E-state index in [4.69, 9.17) is 5.11 Å². The Labute approximate surface area is 127 Å². The fourth-order valence-electron chi connectivity index (χ4n) is 1.18. The normalized spacial score (nSPS) is 11.0. The van der Waals surface area contributed by atoms with Gasteiger partial charge in [0.15, 0.2) is 5.78 Å². The van der Waals surface area contributed by atoms with E-state index in [1.54, 1.807) is 6.92 Å². The molecule has 0 rings (SSSR count). The van der Waals surface area contributed by atoms with E-state index in [1.807, 2.05) is 6.92 Å². The molecule has 124 valence electrons. The van der Waals surface area contributed by atoms with Gasteiger partial charge in [0, 0.05) is 15.3 Å². The number of rotatable bonds is 5. The average Bonchev–Trinajstić information content (AvgIpc) is 2.32. The van der Waals surface area contributed by atoms with Crippen LogP contribution in [0.2, 0.25) is 0 Å². The van der Waals surface area contributed by atoms with E-state index in [9.17, 15) is 19.2 Å². The minimum Gasteiger partial charge on any atom is -0.477 e. The van der Waals surface area contributed by atoms with Gasteiger partial charge in [-0.3, -0.25) is 14.4 Å². The van der Waals surface area contributed by atoms with Crippen LogP contribution in [-0.4, -0.2) is 34.7 Å². The van der Waals surface area contributed by atoms with E-state index in [0.717, 1.165) is 0 Å². The summed E-state index contributed by atoms with van der Waals surface area (Å²) in [5.74, 6) is -1.65. The van der Waals surface area contributed by atoms with Crippen molar-refractivity contribution in [2.75, 3.05) is 0 Å². The molecule has 0 spiro atoms. The zero-order chi connectivity index (χ0) is 16.3. The highest BCUT2D eigenvalue weighted by molar-refractivity contribution is 5.91. The largest absolute Gasteiger partial charge is 0.477 e. The van der Waals surface area contributed by atoms with Gasteiger partial charge >= 0.3 is 5.97 Å². The van der Waals surface area contributed by atoms with E-state index in [2.05, 4.69) is 10.6 Å². The zero-order valence-corrected chi connectivity index (χ0v) is 12.4. The van der Waals surface area contributed by atoms with Crippen LogP contribution in [0.15, 0.2) is 11.8 Å². The third kappa shape index (κ3) is 14.0. The van der Waals surface area contributed by atoms with Gasteiger partial charge in [-0.1, -0.05) is 20.4 Å². The van der Waals surface area contributed by atoms with Crippen molar-refractivity contribution in [3.05, 3.63) is 11.8 Å². The molecule has 0 unspecified atom stereocenters. The second-order valence-electron chi connectivity index (χ2n) is 3.96. The Morgan fingerprint density at radius 1 is 1.14 bits per heavy atom. The number of ketones is 1. The molecule has 21 heavy (non-hydrogen) atoms. The highest BCUT2D eigenvalue weighted by Gasteiger charge is 2.11. The van der Waals surface area contributed by atoms with Crippen molar-refractivity contribution >= 4 is 23.6 Å². The molecule has 7 heteroatoms. The summed E-state index contributed by atoms with van der Waals surface area (Å²) >= 11 is 0. The van der Waals surface area contributed by atoms with Crippen molar-refractivity contribution in [3.63, 3.8) is 0 Å². The molecule has 0 radical (unpaired) electrons. The van der Waals surface area contributed by atoms with E-state index in [0.29, 0.717) is 6.42 Å². The van der Waals surface area contributed by atoms with E-state index >= 15 is 0 Å². The lowest BCUT2D eigenvalue weighted by Crippen LogP contribution is -2.37. The maximum absolute atomic E-state index is 10.7. The number of aliphatic carboxylic acids is 1. The summed E-state index contributed by atoms with van der Waals surface area (Å²) in [6.45, 7) is 7.55. The molecule has 0 aliphatic carbocycles. The molecule has 0 fully saturated rings. The minimum atomic E-state index is -1.13. The van der Waals surface area contributed by atoms with E-state index in [-0.39, 0.29) is 38.2 Å². The molecule has 0 saturated carbocycles. The highest BCUT2D eigenvalue weighted by Crippen LogP contribution is 1.91. The van der Waals surface area contributed by atoms with Crippen molar-refractivity contribution in [1.29, 1.82) is 0 Å². The van der Waals surface area contributed by atoms with Gasteiger partial charge in [0.2, 0.25) is 11.8 Å². The SMILES string of the molecule is C.C/C=C(\NC(C)=O)C(=O)O.CC[C@@H](NC(C)=O)C(C)=O.[2HH]. The maximum Gasteiger partial charge on any atom is 0.352 e. The standard InChI is InChI=1S/C7H13NO2.C6H9NO3.CH4.H2/c1-4-7(5(2)9)8-6(3)10;1-3-5(6(9)10)7-4(2)8;;/h7H,4H2,1-3H3,(H,8,10);3H,1-2H3,(H,7,8)(H,9,10);1H4;1H/b;5-3-;;/t7-;;;/m1.../s1/i;;;1+1. The summed E-state index contributed by atoms with van der Waals surface area (Å²) in [6, 6.07) is -0.294. The molecule has 2 amide bonds. The summed E-state index contributed by atoms with van der Waals surface area (Å²) in [5.41, 5.74) is -0.0903. The molecule has 3 N–H and O–H groups in total. The topological polar surface area (TPSA) is 113 Å². The second-order valence-corrected chi connectivity index (χ2v) is 3.96. The van der Waals surface area contributed by atoms with Crippen LogP contribution in [0, 0.1) is 0 Å². The summed E-state index contributed by atoms with van der Waals surface area (Å²) in [6.07, 6.45) is 1.98. The molecule has 0 heterocycles. The Morgan fingerprint density at radius 3 is 1.71 bits per heavy atom. The number of amides is 2. The van der Waals surface area contributed by atoms with Gasteiger partial charge in [-0.25, -0.2) is 4.79 Å². The van der Waals surface area contributed by atoms with Crippen molar-refractivity contribution in [2.45, 2.75) is 54.5 Å². The summed E-state index contributed by atoms with van der Waals surface area (Å²) in [4.78, 5) is 41.6. The predicted molar refractivity (Wildman–Crippen MR) is 82.6 cm³/mol. The molecular formula is C14H28N2O5. The first-order chi connectivity index (χ1) is 9.15. The Balaban J connectivity index is -0.000000135. The van der Waals surface area contributed by atoms with Crippen LogP contribution in [0.1, 0.15) is 49.9 Å². The summed E-state index contributed by atoms with van der Waals surface area (Å²) in [5, 5.41) is 13.0. The van der Waals surface area contributed by atoms with Gasteiger partial charge in [-0.15, -0.1) is 0 Å². The third-order valence-electron chi connectivity index (χ3n) is 2.11. The number of carboxylic acids is 1. The van der Waals surface area contributed by atoms with Crippen LogP contribution in [0.4, 0.5) is 0 Å². The van der Waals surface area contributed by atoms with E-state index in [1.165, 1.54) is 26.8 Å². The predicted octanol–water partition coefficient (Wildman–Crippen LogP) is 1.48. The summed E-state index contributed by atoms with van der Waals surface area (Å²) in [7, 11) is 0. The molecule has 7 nitrogen and oxygen atoms in total. The maximum atomic E-state index is 10.7. The summed E-state index contributed by atoms with van der Waals surface area (Å²) < 4.78 is 0. The third-order valence-corrected chi connectivity index (χ3v) is 2.11. The quantitative estimate of drug-likeness (QED) is 0.666. The number of hydrogen-bond donors (Lipinski definition) is 3. The monoisotopic (exact) mass is 305 g/mol. The first-order valence-electron chi connectivity index (χ1n) is 6.10. The average molecular weight is 305 g/mol. The number of carbonyl (C=O) groups excluding carboxylic acids is 3. The molecule has 0 saturated heterocycles. The Kier molecular flexibility index (Phi) is 14.6. The lowest BCUT2D eigenvalue weighted by Gasteiger charge is -2.10. The van der Waals surface area contributed by atoms with Gasteiger partial charge in [0.1, 0.15) is 5.70 Å². The Bertz CT molecular complexity index is 408. The van der Waals surface area contributed by atoms with Crippen LogP contribution >= 0.6 is 0 Å². The van der Waals surface area contributed by atoms with Crippen LogP contribution in [0.5, 0.6) is 0 Å². The number of hydrogen-bond acceptors (Lipinski definition) is 4. The first-order valence-corrected chi connectivity index (χ1v) is 6.10. The smallest absolute Gasteiger partial charge is 0.352 e. The minimum absolute atomic E-state index is 0. The molecule has 0 aliphatic heterocycles. The van der Waals surface area contributed by atoms with Crippen LogP contribution < -0.4 is 10.6 Å². The van der Waals surface area contributed by atoms with Crippen molar-refractivity contribution in [2.24, 2.45) is 0 Å². The van der Waals surface area contributed by atoms with Crippen LogP contribution in [0.3, 0.4) is 0 Å². The molecular weight excluding hydrogens is 276 g/mol. The van der Waals surface area contributed by atoms with Gasteiger partial charge in [0.05, 0.1) is 6.04 Å². The zero-order valence-electron chi connectivity index (χ0n) is 12.4. The van der Waals surface area contributed by atoms with Gasteiger partial charge in [-0.05, 0) is 20.3 Å². The van der Waals surface area contributed by atoms with Crippen molar-refractivity contribution < 1.29 is 25.7 Å². The van der Waals surface area contributed by atoms with Crippen LogP contribution in [-0.2, 0) is 19.2 Å². The fourth-order valence-corrected chi connectivity index (χ4v) is 1.18. The van der Waals surface area contributed by atoms with E-state index < -0.39 is 5.97 Å². The number of carboxylic acid groups (broad SMARTS) is 1. The molecule has 1 atom stereocenters. The van der Waals surface area contributed by atoms with Crippen molar-refractivity contribution in [1.82, 2.24) is 10.6 Å². The number of allylic oxidation sites excluding steroid dienone is 1. The fraction of sp³-hybridized carbons (Fsp3) is 0.571. The van der Waals surface area contributed by atoms with Gasteiger partial charge in [0.25, 0.3) is 0 Å². The first kappa shape index (κ1) is 23.9. The lowest BCUT2D eigenvalue weighted by molar-refractivity contribution is -0.134. The molecule has 0 aliphatic rings. The second kappa shape index (κ2) is 12.8. The number of Topliss-reactive ketones (excluding diaryl/α,β-unsaturated/α-hetero) is 1. The lowest BCUT2D eigenvalue weighted by atomic mass is 10.1. The molecule has 0 bridgehead atoms. The number of carbonyl (C=O) groups is 4. The van der Waals surface area contributed by atoms with Crippen molar-refractivity contribution in [3.8, 4) is 0 Å². The van der Waals surface area contributed by atoms with Gasteiger partial charge in [-0.2, -0.15) is 0 Å². The van der Waals surface area contributed by atoms with Crippen LogP contribution in [0.25, 0.3) is 0 Å². The Hall–Kier alpha value is -2.18. The molecule has 0 aromatic heterocycles. The Morgan fingerprint density at radius 2 is 1.62 bits per heavy atom. The van der Waals surface area contributed by atoms with Gasteiger partial charge < -0.3 is 15.7 Å². The highest BCUT2D eigenvalue weighted by atomic mass is 16.4. The number of nitrogens with one attached hydrogen (secondary N) is 2. The molecule has 0 aromatic carbocycles. The molecule has 0 aromatic rings.